The molecule has 0 saturated carbocycles. The van der Waals surface area contributed by atoms with Gasteiger partial charge in [0.1, 0.15) is 18.4 Å². The van der Waals surface area contributed by atoms with Crippen LogP contribution >= 0.6 is 0 Å². The first-order valence-electron chi connectivity index (χ1n) is 10.2. The van der Waals surface area contributed by atoms with E-state index in [-0.39, 0.29) is 35.9 Å². The van der Waals surface area contributed by atoms with E-state index >= 15 is 0 Å². The van der Waals surface area contributed by atoms with Crippen molar-refractivity contribution in [3.05, 3.63) is 42.0 Å². The summed E-state index contributed by atoms with van der Waals surface area (Å²) in [5, 5.41) is 14.5. The Balaban J connectivity index is 2.27. The first-order chi connectivity index (χ1) is 15.6. The van der Waals surface area contributed by atoms with Crippen molar-refractivity contribution < 1.29 is 29.0 Å². The monoisotopic (exact) mass is 460 g/mol. The van der Waals surface area contributed by atoms with Gasteiger partial charge in [0.15, 0.2) is 0 Å². The third kappa shape index (κ3) is 7.31. The first kappa shape index (κ1) is 25.3. The zero-order valence-electron chi connectivity index (χ0n) is 18.3. The number of primary amides is 1. The van der Waals surface area contributed by atoms with E-state index in [9.17, 15) is 24.3 Å². The van der Waals surface area contributed by atoms with Crippen LogP contribution in [0.1, 0.15) is 42.7 Å². The number of carbonyl (C=O) groups is 4. The number of nitrogens with zero attached hydrogens (tertiary/aromatic N) is 1. The number of aromatic nitrogens is 2. The molecular weight excluding hydrogens is 432 g/mol. The Morgan fingerprint density at radius 1 is 1.27 bits per heavy atom. The molecule has 0 aliphatic heterocycles. The van der Waals surface area contributed by atoms with Crippen molar-refractivity contribution in [2.75, 3.05) is 5.32 Å². The highest BCUT2D eigenvalue weighted by Crippen LogP contribution is 2.27. The fraction of sp³-hybridized carbons (Fsp3) is 0.381. The molecule has 178 valence electrons. The summed E-state index contributed by atoms with van der Waals surface area (Å²) in [4.78, 5) is 54.4. The number of hydrogen-bond donors (Lipinski definition) is 6. The predicted octanol–water partition coefficient (Wildman–Crippen LogP) is 0.359. The van der Waals surface area contributed by atoms with Gasteiger partial charge in [-0.1, -0.05) is 20.3 Å². The number of carboxylic acids is 1. The predicted molar refractivity (Wildman–Crippen MR) is 118 cm³/mol. The van der Waals surface area contributed by atoms with Gasteiger partial charge in [-0.25, -0.2) is 9.78 Å². The second-order valence-corrected chi connectivity index (χ2v) is 7.52. The van der Waals surface area contributed by atoms with Gasteiger partial charge in [-0.2, -0.15) is 0 Å². The van der Waals surface area contributed by atoms with Crippen molar-refractivity contribution in [1.82, 2.24) is 15.3 Å². The minimum atomic E-state index is -1.17. The maximum atomic E-state index is 12.7. The number of amides is 3. The van der Waals surface area contributed by atoms with Gasteiger partial charge in [-0.3, -0.25) is 14.4 Å². The average Bonchev–Trinajstić information content (AvgIpc) is 3.28. The lowest BCUT2D eigenvalue weighted by Crippen LogP contribution is -2.45. The van der Waals surface area contributed by atoms with Gasteiger partial charge >= 0.3 is 5.97 Å². The van der Waals surface area contributed by atoms with E-state index in [0.29, 0.717) is 12.1 Å². The molecule has 33 heavy (non-hydrogen) atoms. The number of nitrogens with one attached hydrogen (secondary N) is 3. The van der Waals surface area contributed by atoms with Gasteiger partial charge in [0, 0.05) is 5.56 Å². The van der Waals surface area contributed by atoms with Crippen LogP contribution in [0.5, 0.6) is 5.75 Å². The number of imidazole rings is 1. The SMILES string of the molecule is CC[C@H](C)[C@H](NC(=O)c1ccc(NC(=O)[C@@H](N)CC(N)=O)c(OCc2cnc[nH]2)c1)C(=O)O. The number of nitrogens with two attached hydrogens (primary N) is 2. The lowest BCUT2D eigenvalue weighted by atomic mass is 9.99. The number of carbonyl (C=O) groups excluding carboxylic acids is 3. The topological polar surface area (TPSA) is 203 Å². The van der Waals surface area contributed by atoms with E-state index in [1.165, 1.54) is 24.5 Å². The van der Waals surface area contributed by atoms with Crippen molar-refractivity contribution >= 4 is 29.4 Å². The normalized spacial score (nSPS) is 13.4. The Kier molecular flexibility index (Phi) is 8.92. The molecule has 1 aromatic heterocycles. The van der Waals surface area contributed by atoms with Crippen molar-refractivity contribution in [2.45, 2.75) is 45.4 Å². The fourth-order valence-corrected chi connectivity index (χ4v) is 2.85. The molecule has 0 saturated heterocycles. The number of hydrogen-bond acceptors (Lipinski definition) is 7. The summed E-state index contributed by atoms with van der Waals surface area (Å²) >= 11 is 0. The van der Waals surface area contributed by atoms with Gasteiger partial charge in [0.2, 0.25) is 11.8 Å². The highest BCUT2D eigenvalue weighted by atomic mass is 16.5. The molecule has 0 aliphatic rings. The Hall–Kier alpha value is -3.93. The molecule has 12 heteroatoms. The molecule has 1 aromatic carbocycles. The molecule has 0 spiro atoms. The van der Waals surface area contributed by atoms with Gasteiger partial charge in [-0.05, 0) is 24.1 Å². The van der Waals surface area contributed by atoms with Crippen LogP contribution in [0.4, 0.5) is 5.69 Å². The van der Waals surface area contributed by atoms with Gasteiger partial charge in [0.25, 0.3) is 5.91 Å². The summed E-state index contributed by atoms with van der Waals surface area (Å²) < 4.78 is 5.74. The third-order valence-corrected chi connectivity index (χ3v) is 4.96. The molecule has 12 nitrogen and oxygen atoms in total. The Bertz CT molecular complexity index is 993. The highest BCUT2D eigenvalue weighted by Gasteiger charge is 2.26. The number of aliphatic carboxylic acids is 1. The Morgan fingerprint density at radius 3 is 2.58 bits per heavy atom. The highest BCUT2D eigenvalue weighted by molar-refractivity contribution is 6.00. The molecule has 2 rings (SSSR count). The Morgan fingerprint density at radius 2 is 2.00 bits per heavy atom. The summed E-state index contributed by atoms with van der Waals surface area (Å²) in [5.41, 5.74) is 11.7. The number of anilines is 1. The summed E-state index contributed by atoms with van der Waals surface area (Å²) in [7, 11) is 0. The maximum Gasteiger partial charge on any atom is 0.326 e. The van der Waals surface area contributed by atoms with Crippen LogP contribution in [0.3, 0.4) is 0 Å². The Labute approximate surface area is 190 Å². The number of aromatic amines is 1. The molecule has 0 fully saturated rings. The first-order valence-corrected chi connectivity index (χ1v) is 10.2. The zero-order valence-corrected chi connectivity index (χ0v) is 18.3. The quantitative estimate of drug-likeness (QED) is 0.260. The van der Waals surface area contributed by atoms with Gasteiger partial charge in [0.05, 0.1) is 36.4 Å². The number of H-pyrrole nitrogens is 1. The van der Waals surface area contributed by atoms with Crippen LogP contribution in [-0.4, -0.2) is 50.8 Å². The standard InChI is InChI=1S/C21H28N6O6/c1-3-11(2)18(21(31)32)27-19(29)12-4-5-15(26-20(30)14(22)7-17(23)28)16(6-12)33-9-13-8-24-10-25-13/h4-6,8,10-11,14,18H,3,7,9,22H2,1-2H3,(H2,23,28)(H,24,25)(H,26,30)(H,27,29)(H,31,32)/t11-,14-,18-/m0/s1. The second kappa shape index (κ2) is 11.6. The van der Waals surface area contributed by atoms with E-state index in [1.54, 1.807) is 13.1 Å². The summed E-state index contributed by atoms with van der Waals surface area (Å²) in [5.74, 6) is -3.30. The number of carboxylic acid groups (broad SMARTS) is 1. The second-order valence-electron chi connectivity index (χ2n) is 7.52. The minimum Gasteiger partial charge on any atom is -0.485 e. The molecule has 3 amide bonds. The molecule has 1 heterocycles. The van der Waals surface area contributed by atoms with Crippen LogP contribution in [0, 0.1) is 5.92 Å². The largest absolute Gasteiger partial charge is 0.485 e. The molecule has 0 unspecified atom stereocenters. The van der Waals surface area contributed by atoms with Crippen LogP contribution in [0.25, 0.3) is 0 Å². The number of rotatable bonds is 12. The van der Waals surface area contributed by atoms with E-state index in [4.69, 9.17) is 16.2 Å². The van der Waals surface area contributed by atoms with Crippen molar-refractivity contribution in [2.24, 2.45) is 17.4 Å². The lowest BCUT2D eigenvalue weighted by molar-refractivity contribution is -0.140. The maximum absolute atomic E-state index is 12.7. The van der Waals surface area contributed by atoms with Gasteiger partial charge < -0.3 is 36.9 Å². The van der Waals surface area contributed by atoms with Crippen molar-refractivity contribution in [1.29, 1.82) is 0 Å². The van der Waals surface area contributed by atoms with Crippen LogP contribution in [0.15, 0.2) is 30.7 Å². The van der Waals surface area contributed by atoms with E-state index in [1.807, 2.05) is 6.92 Å². The smallest absolute Gasteiger partial charge is 0.326 e. The minimum absolute atomic E-state index is 0.0475. The van der Waals surface area contributed by atoms with Crippen molar-refractivity contribution in [3.63, 3.8) is 0 Å². The van der Waals surface area contributed by atoms with Crippen molar-refractivity contribution in [3.8, 4) is 5.75 Å². The number of ether oxygens (including phenoxy) is 1. The summed E-state index contributed by atoms with van der Waals surface area (Å²) in [6.45, 7) is 3.60. The van der Waals surface area contributed by atoms with Crippen LogP contribution in [0.2, 0.25) is 0 Å². The lowest BCUT2D eigenvalue weighted by Gasteiger charge is -2.21. The van der Waals surface area contributed by atoms with Crippen LogP contribution in [-0.2, 0) is 21.0 Å². The fourth-order valence-electron chi connectivity index (χ4n) is 2.85. The average molecular weight is 460 g/mol. The van der Waals surface area contributed by atoms with Gasteiger partial charge in [-0.15, -0.1) is 0 Å². The molecule has 2 aromatic rings. The number of benzene rings is 1. The molecular formula is C21H28N6O6. The molecule has 0 aliphatic carbocycles. The molecule has 0 bridgehead atoms. The molecule has 3 atom stereocenters. The third-order valence-electron chi connectivity index (χ3n) is 4.96. The van der Waals surface area contributed by atoms with E-state index in [2.05, 4.69) is 20.6 Å². The van der Waals surface area contributed by atoms with E-state index in [0.717, 1.165) is 0 Å². The summed E-state index contributed by atoms with van der Waals surface area (Å²) in [6.07, 6.45) is 3.23. The van der Waals surface area contributed by atoms with Crippen LogP contribution < -0.4 is 26.8 Å². The molecule has 8 N–H and O–H groups in total. The zero-order chi connectivity index (χ0) is 24.5. The molecule has 0 radical (unpaired) electrons. The van der Waals surface area contributed by atoms with E-state index < -0.39 is 35.8 Å². The summed E-state index contributed by atoms with van der Waals surface area (Å²) in [6, 6.07) is 1.96.